The minimum Gasteiger partial charge on any atom is -0.497 e. The van der Waals surface area contributed by atoms with Crippen LogP contribution in [0.4, 0.5) is 0 Å². The summed E-state index contributed by atoms with van der Waals surface area (Å²) in [7, 11) is 1.68. The summed E-state index contributed by atoms with van der Waals surface area (Å²) in [5.41, 5.74) is 10.0. The number of benzene rings is 2. The third-order valence-electron chi connectivity index (χ3n) is 4.11. The maximum Gasteiger partial charge on any atom is 0.119 e. The molecule has 0 aliphatic rings. The Morgan fingerprint density at radius 3 is 2.25 bits per heavy atom. The van der Waals surface area contributed by atoms with Gasteiger partial charge in [0.25, 0.3) is 0 Å². The fourth-order valence-electron chi connectivity index (χ4n) is 2.56. The summed E-state index contributed by atoms with van der Waals surface area (Å²) in [6.45, 7) is 6.46. The van der Waals surface area contributed by atoms with E-state index in [4.69, 9.17) is 10.5 Å². The molecule has 0 amide bonds. The van der Waals surface area contributed by atoms with Crippen molar-refractivity contribution in [2.45, 2.75) is 32.2 Å². The second-order valence-electron chi connectivity index (χ2n) is 5.79. The Morgan fingerprint density at radius 2 is 1.70 bits per heavy atom. The van der Waals surface area contributed by atoms with Crippen LogP contribution in [0.15, 0.2) is 48.5 Å². The molecule has 0 spiro atoms. The van der Waals surface area contributed by atoms with Gasteiger partial charge in [0.2, 0.25) is 0 Å². The molecule has 1 atom stereocenters. The zero-order valence-corrected chi connectivity index (χ0v) is 12.7. The maximum absolute atomic E-state index is 6.56. The van der Waals surface area contributed by atoms with E-state index in [1.54, 1.807) is 7.11 Å². The molecular weight excluding hydrogens is 246 g/mol. The van der Waals surface area contributed by atoms with Gasteiger partial charge in [-0.05, 0) is 35.7 Å². The molecule has 0 saturated carbocycles. The number of hydrogen-bond donors (Lipinski definition) is 1. The Morgan fingerprint density at radius 1 is 1.05 bits per heavy atom. The van der Waals surface area contributed by atoms with Gasteiger partial charge in [-0.1, -0.05) is 50.2 Å². The van der Waals surface area contributed by atoms with E-state index < -0.39 is 0 Å². The van der Waals surface area contributed by atoms with Gasteiger partial charge in [0.15, 0.2) is 0 Å². The summed E-state index contributed by atoms with van der Waals surface area (Å²) in [5.74, 6) is 0.871. The Bertz CT molecular complexity index is 575. The van der Waals surface area contributed by atoms with E-state index in [2.05, 4.69) is 51.1 Å². The zero-order chi connectivity index (χ0) is 14.8. The molecular formula is C18H23NO. The fourth-order valence-corrected chi connectivity index (χ4v) is 2.56. The lowest BCUT2D eigenvalue weighted by molar-refractivity contribution is 0.408. The second-order valence-corrected chi connectivity index (χ2v) is 5.79. The van der Waals surface area contributed by atoms with Gasteiger partial charge < -0.3 is 10.5 Å². The maximum atomic E-state index is 6.56. The number of methoxy groups -OCH3 is 1. The highest BCUT2D eigenvalue weighted by atomic mass is 16.5. The number of hydrogen-bond acceptors (Lipinski definition) is 2. The van der Waals surface area contributed by atoms with Crippen molar-refractivity contribution >= 4 is 0 Å². The molecule has 0 saturated heterocycles. The first-order valence-electron chi connectivity index (χ1n) is 6.92. The van der Waals surface area contributed by atoms with Crippen LogP contribution >= 0.6 is 0 Å². The molecule has 0 radical (unpaired) electrons. The van der Waals surface area contributed by atoms with Crippen LogP contribution in [0.25, 0.3) is 0 Å². The molecule has 0 aliphatic heterocycles. The Kier molecular flexibility index (Phi) is 4.15. The normalized spacial score (nSPS) is 13.1. The molecule has 0 aliphatic carbocycles. The SMILES string of the molecule is COc1ccc(C(N)C(C)(C)c2ccccc2)c(C)c1. The van der Waals surface area contributed by atoms with Gasteiger partial charge in [0.05, 0.1) is 7.11 Å². The Balaban J connectivity index is 2.38. The third-order valence-corrected chi connectivity index (χ3v) is 4.11. The van der Waals surface area contributed by atoms with E-state index in [0.29, 0.717) is 0 Å². The highest BCUT2D eigenvalue weighted by Gasteiger charge is 2.30. The van der Waals surface area contributed by atoms with Crippen molar-refractivity contribution in [3.05, 3.63) is 65.2 Å². The average Bonchev–Trinajstić information content (AvgIpc) is 2.47. The molecule has 1 unspecified atom stereocenters. The quantitative estimate of drug-likeness (QED) is 0.911. The first-order valence-corrected chi connectivity index (χ1v) is 6.92. The van der Waals surface area contributed by atoms with E-state index in [-0.39, 0.29) is 11.5 Å². The second kappa shape index (κ2) is 5.68. The molecule has 2 heteroatoms. The minimum absolute atomic E-state index is 0.0594. The molecule has 0 aromatic heterocycles. The largest absolute Gasteiger partial charge is 0.497 e. The standard InChI is InChI=1S/C18H23NO/c1-13-12-15(20-4)10-11-16(13)17(19)18(2,3)14-8-6-5-7-9-14/h5-12,17H,19H2,1-4H3. The first kappa shape index (κ1) is 14.6. The van der Waals surface area contributed by atoms with E-state index in [1.807, 2.05) is 18.2 Å². The molecule has 2 N–H and O–H groups in total. The van der Waals surface area contributed by atoms with Crippen LogP contribution in [0, 0.1) is 6.92 Å². The van der Waals surface area contributed by atoms with Gasteiger partial charge in [-0.15, -0.1) is 0 Å². The number of ether oxygens (including phenoxy) is 1. The van der Waals surface area contributed by atoms with Crippen molar-refractivity contribution in [2.24, 2.45) is 5.73 Å². The smallest absolute Gasteiger partial charge is 0.119 e. The Hall–Kier alpha value is -1.80. The highest BCUT2D eigenvalue weighted by Crippen LogP contribution is 2.36. The summed E-state index contributed by atoms with van der Waals surface area (Å²) >= 11 is 0. The third kappa shape index (κ3) is 2.70. The van der Waals surface area contributed by atoms with Crippen molar-refractivity contribution in [1.82, 2.24) is 0 Å². The van der Waals surface area contributed by atoms with Crippen molar-refractivity contribution in [3.63, 3.8) is 0 Å². The zero-order valence-electron chi connectivity index (χ0n) is 12.7. The summed E-state index contributed by atoms with van der Waals surface area (Å²) in [6.07, 6.45) is 0. The summed E-state index contributed by atoms with van der Waals surface area (Å²) < 4.78 is 5.26. The van der Waals surface area contributed by atoms with Crippen LogP contribution in [0.3, 0.4) is 0 Å². The first-order chi connectivity index (χ1) is 9.46. The highest BCUT2D eigenvalue weighted by molar-refractivity contribution is 5.40. The molecule has 2 aromatic carbocycles. The lowest BCUT2D eigenvalue weighted by Crippen LogP contribution is -2.33. The molecule has 20 heavy (non-hydrogen) atoms. The van der Waals surface area contributed by atoms with Gasteiger partial charge >= 0.3 is 0 Å². The van der Waals surface area contributed by atoms with Crippen molar-refractivity contribution in [2.75, 3.05) is 7.11 Å². The molecule has 0 fully saturated rings. The number of nitrogens with two attached hydrogens (primary N) is 1. The summed E-state index contributed by atoms with van der Waals surface area (Å²) in [6, 6.07) is 16.5. The van der Waals surface area contributed by atoms with Gasteiger partial charge in [-0.2, -0.15) is 0 Å². The van der Waals surface area contributed by atoms with E-state index in [1.165, 1.54) is 16.7 Å². The predicted molar refractivity (Wildman–Crippen MR) is 84.1 cm³/mol. The summed E-state index contributed by atoms with van der Waals surface area (Å²) in [4.78, 5) is 0. The van der Waals surface area contributed by atoms with E-state index in [9.17, 15) is 0 Å². The average molecular weight is 269 g/mol. The van der Waals surface area contributed by atoms with Crippen LogP contribution in [0.1, 0.15) is 36.6 Å². The van der Waals surface area contributed by atoms with E-state index in [0.717, 1.165) is 5.75 Å². The molecule has 2 nitrogen and oxygen atoms in total. The van der Waals surface area contributed by atoms with Gasteiger partial charge in [-0.3, -0.25) is 0 Å². The van der Waals surface area contributed by atoms with E-state index >= 15 is 0 Å². The van der Waals surface area contributed by atoms with Gasteiger partial charge in [0, 0.05) is 11.5 Å². The topological polar surface area (TPSA) is 35.2 Å². The van der Waals surface area contributed by atoms with Crippen LogP contribution in [0.5, 0.6) is 5.75 Å². The monoisotopic (exact) mass is 269 g/mol. The molecule has 2 rings (SSSR count). The van der Waals surface area contributed by atoms with Gasteiger partial charge in [-0.25, -0.2) is 0 Å². The molecule has 106 valence electrons. The summed E-state index contributed by atoms with van der Waals surface area (Å²) in [5, 5.41) is 0. The predicted octanol–water partition coefficient (Wildman–Crippen LogP) is 3.98. The molecule has 0 heterocycles. The molecule has 2 aromatic rings. The van der Waals surface area contributed by atoms with Gasteiger partial charge in [0.1, 0.15) is 5.75 Å². The Labute approximate surface area is 121 Å². The number of aryl methyl sites for hydroxylation is 1. The minimum atomic E-state index is -0.124. The van der Waals surface area contributed by atoms with Crippen molar-refractivity contribution < 1.29 is 4.74 Å². The lowest BCUT2D eigenvalue weighted by Gasteiger charge is -2.33. The van der Waals surface area contributed by atoms with Crippen LogP contribution < -0.4 is 10.5 Å². The van der Waals surface area contributed by atoms with Crippen molar-refractivity contribution in [1.29, 1.82) is 0 Å². The number of rotatable bonds is 4. The van der Waals surface area contributed by atoms with Crippen molar-refractivity contribution in [3.8, 4) is 5.75 Å². The van der Waals surface area contributed by atoms with Crippen LogP contribution in [0.2, 0.25) is 0 Å². The van der Waals surface area contributed by atoms with Crippen LogP contribution in [-0.2, 0) is 5.41 Å². The molecule has 0 bridgehead atoms. The van der Waals surface area contributed by atoms with Crippen LogP contribution in [-0.4, -0.2) is 7.11 Å². The lowest BCUT2D eigenvalue weighted by atomic mass is 9.74. The fraction of sp³-hybridized carbons (Fsp3) is 0.333.